The first-order chi connectivity index (χ1) is 9.65. The highest BCUT2D eigenvalue weighted by atomic mass is 32.2. The van der Waals surface area contributed by atoms with Crippen LogP contribution in [0.5, 0.6) is 0 Å². The molecule has 0 radical (unpaired) electrons. The minimum absolute atomic E-state index is 0.140. The summed E-state index contributed by atoms with van der Waals surface area (Å²) in [5.41, 5.74) is 7.62. The molecule has 0 unspecified atom stereocenters. The molecule has 1 fully saturated rings. The van der Waals surface area contributed by atoms with E-state index in [9.17, 15) is 9.00 Å². The van der Waals surface area contributed by atoms with E-state index in [1.54, 1.807) is 11.0 Å². The number of carbonyl (C=O) groups excluding carboxylic acids is 1. The lowest BCUT2D eigenvalue weighted by molar-refractivity contribution is 0.0766. The van der Waals surface area contributed by atoms with Crippen LogP contribution in [-0.2, 0) is 10.8 Å². The van der Waals surface area contributed by atoms with Crippen LogP contribution in [0.3, 0.4) is 0 Å². The van der Waals surface area contributed by atoms with Crippen LogP contribution in [0.15, 0.2) is 30.3 Å². The summed E-state index contributed by atoms with van der Waals surface area (Å²) in [5, 5.41) is 0.851. The van der Waals surface area contributed by atoms with Gasteiger partial charge in [-0.1, -0.05) is 18.2 Å². The first kappa shape index (κ1) is 13.1. The van der Waals surface area contributed by atoms with Crippen LogP contribution < -0.4 is 5.73 Å². The van der Waals surface area contributed by atoms with E-state index < -0.39 is 10.8 Å². The number of hydrogen-bond acceptors (Lipinski definition) is 4. The minimum Gasteiger partial charge on any atom is -0.398 e. The number of nitrogen functional groups attached to an aromatic ring is 1. The average Bonchev–Trinajstić information content (AvgIpc) is 2.47. The number of fused-ring (bicyclic) bond motifs is 1. The van der Waals surface area contributed by atoms with Crippen molar-refractivity contribution in [2.45, 2.75) is 0 Å². The zero-order valence-electron chi connectivity index (χ0n) is 10.9. The van der Waals surface area contributed by atoms with Crippen molar-refractivity contribution < 1.29 is 9.00 Å². The topological polar surface area (TPSA) is 76.3 Å². The molecule has 3 rings (SSSR count). The summed E-state index contributed by atoms with van der Waals surface area (Å²) in [6.07, 6.45) is 0. The molecule has 20 heavy (non-hydrogen) atoms. The van der Waals surface area contributed by atoms with Gasteiger partial charge in [0.1, 0.15) is 5.69 Å². The quantitative estimate of drug-likeness (QED) is 0.850. The number of carbonyl (C=O) groups is 1. The maximum atomic E-state index is 12.4. The van der Waals surface area contributed by atoms with Crippen molar-refractivity contribution in [3.8, 4) is 0 Å². The second-order valence-electron chi connectivity index (χ2n) is 4.75. The van der Waals surface area contributed by atoms with Gasteiger partial charge in [0.25, 0.3) is 5.91 Å². The van der Waals surface area contributed by atoms with Gasteiger partial charge in [-0.2, -0.15) is 0 Å². The molecule has 1 aliphatic heterocycles. The number of benzene rings is 1. The highest BCUT2D eigenvalue weighted by Gasteiger charge is 2.22. The van der Waals surface area contributed by atoms with E-state index in [-0.39, 0.29) is 5.91 Å². The number of pyridine rings is 1. The molecular weight excluding hydrogens is 274 g/mol. The largest absolute Gasteiger partial charge is 0.398 e. The molecule has 0 saturated carbocycles. The Morgan fingerprint density at radius 3 is 2.70 bits per heavy atom. The highest BCUT2D eigenvalue weighted by Crippen LogP contribution is 2.21. The lowest BCUT2D eigenvalue weighted by Gasteiger charge is -2.26. The van der Waals surface area contributed by atoms with E-state index in [4.69, 9.17) is 5.73 Å². The van der Waals surface area contributed by atoms with Crippen LogP contribution in [0.2, 0.25) is 0 Å². The van der Waals surface area contributed by atoms with Crippen LogP contribution in [0.1, 0.15) is 10.5 Å². The number of rotatable bonds is 1. The van der Waals surface area contributed by atoms with Gasteiger partial charge in [0.2, 0.25) is 0 Å². The summed E-state index contributed by atoms with van der Waals surface area (Å²) >= 11 is 0. The molecule has 2 heterocycles. The van der Waals surface area contributed by atoms with E-state index in [0.29, 0.717) is 36.0 Å². The molecule has 1 aliphatic rings. The van der Waals surface area contributed by atoms with Gasteiger partial charge < -0.3 is 10.6 Å². The Labute approximate surface area is 119 Å². The fourth-order valence-corrected chi connectivity index (χ4v) is 3.37. The van der Waals surface area contributed by atoms with Crippen molar-refractivity contribution in [2.24, 2.45) is 0 Å². The normalized spacial score (nSPS) is 16.5. The highest BCUT2D eigenvalue weighted by molar-refractivity contribution is 7.85. The van der Waals surface area contributed by atoms with Crippen molar-refractivity contribution in [1.29, 1.82) is 0 Å². The first-order valence-electron chi connectivity index (χ1n) is 6.44. The summed E-state index contributed by atoms with van der Waals surface area (Å²) in [7, 11) is -0.799. The van der Waals surface area contributed by atoms with Gasteiger partial charge in [-0.15, -0.1) is 0 Å². The van der Waals surface area contributed by atoms with Gasteiger partial charge in [0.05, 0.1) is 5.52 Å². The summed E-state index contributed by atoms with van der Waals surface area (Å²) in [6.45, 7) is 1.03. The Morgan fingerprint density at radius 2 is 1.95 bits per heavy atom. The molecule has 2 aromatic rings. The van der Waals surface area contributed by atoms with Gasteiger partial charge in [0, 0.05) is 46.5 Å². The fourth-order valence-electron chi connectivity index (χ4n) is 2.31. The number of aromatic nitrogens is 1. The molecule has 6 heteroatoms. The van der Waals surface area contributed by atoms with Crippen molar-refractivity contribution in [1.82, 2.24) is 9.88 Å². The first-order valence-corrected chi connectivity index (χ1v) is 7.93. The Hall–Kier alpha value is -1.95. The van der Waals surface area contributed by atoms with E-state index in [0.717, 1.165) is 10.9 Å². The summed E-state index contributed by atoms with van der Waals surface area (Å²) in [4.78, 5) is 18.5. The second-order valence-corrected chi connectivity index (χ2v) is 6.45. The number of hydrogen-bond donors (Lipinski definition) is 1. The number of amides is 1. The van der Waals surface area contributed by atoms with Crippen molar-refractivity contribution in [2.75, 3.05) is 30.3 Å². The Balaban J connectivity index is 1.93. The average molecular weight is 289 g/mol. The van der Waals surface area contributed by atoms with Gasteiger partial charge in [0.15, 0.2) is 0 Å². The zero-order valence-corrected chi connectivity index (χ0v) is 11.7. The Morgan fingerprint density at radius 1 is 1.25 bits per heavy atom. The Kier molecular flexibility index (Phi) is 3.40. The maximum absolute atomic E-state index is 12.4. The minimum atomic E-state index is -0.799. The molecule has 1 aromatic carbocycles. The third kappa shape index (κ3) is 2.38. The van der Waals surface area contributed by atoms with Crippen molar-refractivity contribution in [3.63, 3.8) is 0 Å². The molecular formula is C14H15N3O2S. The van der Waals surface area contributed by atoms with Gasteiger partial charge >= 0.3 is 0 Å². The number of nitrogens with zero attached hydrogens (tertiary/aromatic N) is 2. The number of para-hydroxylation sites is 1. The molecule has 0 spiro atoms. The van der Waals surface area contributed by atoms with E-state index in [2.05, 4.69) is 4.98 Å². The lowest BCUT2D eigenvalue weighted by Crippen LogP contribution is -2.42. The Bertz CT molecular complexity index is 692. The molecule has 104 valence electrons. The molecule has 5 nitrogen and oxygen atoms in total. The monoisotopic (exact) mass is 289 g/mol. The summed E-state index contributed by atoms with van der Waals surface area (Å²) in [5.74, 6) is 0.933. The maximum Gasteiger partial charge on any atom is 0.272 e. The van der Waals surface area contributed by atoms with Gasteiger partial charge in [-0.25, -0.2) is 4.98 Å². The van der Waals surface area contributed by atoms with Crippen molar-refractivity contribution >= 4 is 33.3 Å². The third-order valence-electron chi connectivity index (χ3n) is 3.43. The fraction of sp³-hybridized carbons (Fsp3) is 0.286. The smallest absolute Gasteiger partial charge is 0.272 e. The number of nitrogens with two attached hydrogens (primary N) is 1. The standard InChI is InChI=1S/C14H15N3O2S/c15-11-9-13(16-12-4-2-1-3-10(11)12)14(18)17-5-7-20(19)8-6-17/h1-4,9H,5-8H2,(H2,15,16). The van der Waals surface area contributed by atoms with Crippen LogP contribution in [-0.4, -0.2) is 44.6 Å². The van der Waals surface area contributed by atoms with Crippen LogP contribution in [0.25, 0.3) is 10.9 Å². The van der Waals surface area contributed by atoms with Crippen LogP contribution in [0.4, 0.5) is 5.69 Å². The SMILES string of the molecule is Nc1cc(C(=O)N2CCS(=O)CC2)nc2ccccc12. The zero-order chi connectivity index (χ0) is 14.1. The third-order valence-corrected chi connectivity index (χ3v) is 4.71. The molecule has 0 atom stereocenters. The molecule has 1 amide bonds. The van der Waals surface area contributed by atoms with Crippen LogP contribution >= 0.6 is 0 Å². The van der Waals surface area contributed by atoms with E-state index in [1.807, 2.05) is 24.3 Å². The molecule has 0 aliphatic carbocycles. The summed E-state index contributed by atoms with van der Waals surface area (Å²) in [6, 6.07) is 9.11. The molecule has 2 N–H and O–H groups in total. The van der Waals surface area contributed by atoms with Crippen LogP contribution in [0, 0.1) is 0 Å². The lowest BCUT2D eigenvalue weighted by atomic mass is 10.1. The van der Waals surface area contributed by atoms with Gasteiger partial charge in [-0.3, -0.25) is 9.00 Å². The van der Waals surface area contributed by atoms with E-state index >= 15 is 0 Å². The molecule has 0 bridgehead atoms. The predicted molar refractivity (Wildman–Crippen MR) is 79.9 cm³/mol. The van der Waals surface area contributed by atoms with Gasteiger partial charge in [-0.05, 0) is 12.1 Å². The second kappa shape index (κ2) is 5.20. The number of anilines is 1. The molecule has 1 saturated heterocycles. The van der Waals surface area contributed by atoms with E-state index in [1.165, 1.54) is 0 Å². The predicted octanol–water partition coefficient (Wildman–Crippen LogP) is 1.02. The molecule has 1 aromatic heterocycles. The summed E-state index contributed by atoms with van der Waals surface area (Å²) < 4.78 is 11.3. The van der Waals surface area contributed by atoms with Crippen molar-refractivity contribution in [3.05, 3.63) is 36.0 Å².